The largest absolute Gasteiger partial charge is 0.494 e. The molecule has 0 bridgehead atoms. The molecule has 0 unspecified atom stereocenters. The number of aliphatic hydroxyl groups excluding tert-OH is 5. The SMILES string of the molecule is CCCCCCCCc1cnc(-c2ccc(OCCCCCCC(=O)NC[C@H](O)[C@@H](O)[C@H](O)[C@H](O)CO)cc2)nc1. The zero-order valence-corrected chi connectivity index (χ0v) is 24.3. The number of nitrogens with one attached hydrogen (secondary N) is 1. The second-order valence-corrected chi connectivity index (χ2v) is 10.6. The Hall–Kier alpha value is -2.63. The zero-order valence-electron chi connectivity index (χ0n) is 24.3. The van der Waals surface area contributed by atoms with Crippen molar-refractivity contribution in [3.8, 4) is 17.1 Å². The molecule has 230 valence electrons. The summed E-state index contributed by atoms with van der Waals surface area (Å²) in [6, 6.07) is 7.76. The van der Waals surface area contributed by atoms with Gasteiger partial charge in [-0.2, -0.15) is 0 Å². The highest BCUT2D eigenvalue weighted by atomic mass is 16.5. The van der Waals surface area contributed by atoms with Crippen LogP contribution in [-0.4, -0.2) is 85.6 Å². The maximum atomic E-state index is 11.9. The number of nitrogens with zero attached hydrogens (tertiary/aromatic N) is 2. The van der Waals surface area contributed by atoms with Gasteiger partial charge in [0.25, 0.3) is 0 Å². The molecule has 41 heavy (non-hydrogen) atoms. The molecule has 1 aromatic carbocycles. The van der Waals surface area contributed by atoms with Crippen molar-refractivity contribution >= 4 is 5.91 Å². The molecule has 1 aromatic heterocycles. The first-order chi connectivity index (χ1) is 19.8. The predicted molar refractivity (Wildman–Crippen MR) is 157 cm³/mol. The second kappa shape index (κ2) is 20.3. The summed E-state index contributed by atoms with van der Waals surface area (Å²) in [7, 11) is 0. The number of carbonyl (C=O) groups is 1. The summed E-state index contributed by atoms with van der Waals surface area (Å²) in [4.78, 5) is 21.0. The van der Waals surface area contributed by atoms with Crippen molar-refractivity contribution in [3.05, 3.63) is 42.2 Å². The van der Waals surface area contributed by atoms with E-state index in [0.29, 0.717) is 18.9 Å². The normalized spacial score (nSPS) is 14.3. The Labute approximate surface area is 243 Å². The Bertz CT molecular complexity index is 959. The van der Waals surface area contributed by atoms with Crippen LogP contribution in [0.5, 0.6) is 5.75 Å². The number of amides is 1. The van der Waals surface area contributed by atoms with E-state index in [0.717, 1.165) is 37.0 Å². The fraction of sp³-hybridized carbons (Fsp3) is 0.645. The molecule has 1 amide bonds. The first kappa shape index (κ1) is 34.6. The molecule has 10 heteroatoms. The maximum absolute atomic E-state index is 11.9. The second-order valence-electron chi connectivity index (χ2n) is 10.6. The lowest BCUT2D eigenvalue weighted by Gasteiger charge is -2.25. The molecule has 10 nitrogen and oxygen atoms in total. The molecular formula is C31H49N3O7. The topological polar surface area (TPSA) is 165 Å². The van der Waals surface area contributed by atoms with Gasteiger partial charge >= 0.3 is 0 Å². The number of aromatic nitrogens is 2. The first-order valence-corrected chi connectivity index (χ1v) is 15.0. The molecule has 0 aliphatic rings. The monoisotopic (exact) mass is 575 g/mol. The third kappa shape index (κ3) is 13.7. The van der Waals surface area contributed by atoms with Gasteiger partial charge in [0, 0.05) is 30.9 Å². The molecule has 0 spiro atoms. The fourth-order valence-electron chi connectivity index (χ4n) is 4.36. The van der Waals surface area contributed by atoms with Crippen molar-refractivity contribution in [1.82, 2.24) is 15.3 Å². The van der Waals surface area contributed by atoms with Gasteiger partial charge in [0.05, 0.1) is 19.3 Å². The molecule has 0 aliphatic heterocycles. The highest BCUT2D eigenvalue weighted by molar-refractivity contribution is 5.75. The number of hydrogen-bond donors (Lipinski definition) is 6. The number of benzene rings is 1. The fourth-order valence-corrected chi connectivity index (χ4v) is 4.36. The molecule has 0 saturated carbocycles. The van der Waals surface area contributed by atoms with Gasteiger partial charge in [-0.15, -0.1) is 0 Å². The van der Waals surface area contributed by atoms with E-state index in [1.54, 1.807) is 0 Å². The number of aryl methyl sites for hydroxylation is 1. The minimum atomic E-state index is -1.71. The van der Waals surface area contributed by atoms with Crippen LogP contribution in [0.3, 0.4) is 0 Å². The van der Waals surface area contributed by atoms with E-state index >= 15 is 0 Å². The van der Waals surface area contributed by atoms with Gasteiger partial charge in [-0.25, -0.2) is 9.97 Å². The number of hydrogen-bond acceptors (Lipinski definition) is 9. The van der Waals surface area contributed by atoms with Crippen LogP contribution in [-0.2, 0) is 11.2 Å². The van der Waals surface area contributed by atoms with Gasteiger partial charge in [-0.05, 0) is 55.5 Å². The number of ether oxygens (including phenoxy) is 1. The van der Waals surface area contributed by atoms with E-state index in [4.69, 9.17) is 9.84 Å². The quantitative estimate of drug-likeness (QED) is 0.116. The summed E-state index contributed by atoms with van der Waals surface area (Å²) in [6.45, 7) is 1.79. The minimum Gasteiger partial charge on any atom is -0.494 e. The summed E-state index contributed by atoms with van der Waals surface area (Å²) in [5.41, 5.74) is 2.12. The van der Waals surface area contributed by atoms with Crippen molar-refractivity contribution in [2.75, 3.05) is 19.8 Å². The van der Waals surface area contributed by atoms with Crippen LogP contribution in [0.25, 0.3) is 11.4 Å². The Morgan fingerprint density at radius 2 is 1.44 bits per heavy atom. The third-order valence-electron chi connectivity index (χ3n) is 7.04. The molecule has 0 radical (unpaired) electrons. The average molecular weight is 576 g/mol. The van der Waals surface area contributed by atoms with E-state index in [-0.39, 0.29) is 18.9 Å². The van der Waals surface area contributed by atoms with E-state index < -0.39 is 31.0 Å². The Balaban J connectivity index is 1.56. The minimum absolute atomic E-state index is 0.265. The van der Waals surface area contributed by atoms with Crippen molar-refractivity contribution in [1.29, 1.82) is 0 Å². The van der Waals surface area contributed by atoms with Crippen molar-refractivity contribution in [2.24, 2.45) is 0 Å². The molecule has 1 heterocycles. The third-order valence-corrected chi connectivity index (χ3v) is 7.04. The zero-order chi connectivity index (χ0) is 29.9. The summed E-state index contributed by atoms with van der Waals surface area (Å²) in [6.07, 6.45) is 9.62. The van der Waals surface area contributed by atoms with Crippen LogP contribution in [0, 0.1) is 0 Å². The van der Waals surface area contributed by atoms with E-state index in [1.807, 2.05) is 36.7 Å². The smallest absolute Gasteiger partial charge is 0.220 e. The van der Waals surface area contributed by atoms with Gasteiger partial charge in [-0.1, -0.05) is 51.9 Å². The van der Waals surface area contributed by atoms with Gasteiger partial charge in [0.2, 0.25) is 5.91 Å². The first-order valence-electron chi connectivity index (χ1n) is 15.0. The van der Waals surface area contributed by atoms with Gasteiger partial charge in [0.1, 0.15) is 24.1 Å². The lowest BCUT2D eigenvalue weighted by Crippen LogP contribution is -2.49. The molecule has 2 aromatic rings. The predicted octanol–water partition coefficient (Wildman–Crippen LogP) is 2.93. The van der Waals surface area contributed by atoms with E-state index in [2.05, 4.69) is 22.2 Å². The van der Waals surface area contributed by atoms with E-state index in [9.17, 15) is 25.2 Å². The number of carbonyl (C=O) groups excluding carboxylic acids is 1. The van der Waals surface area contributed by atoms with Crippen LogP contribution in [0.1, 0.15) is 83.1 Å². The van der Waals surface area contributed by atoms with Crippen LogP contribution in [0.4, 0.5) is 0 Å². The summed E-state index contributed by atoms with van der Waals surface area (Å²) >= 11 is 0. The van der Waals surface area contributed by atoms with Gasteiger partial charge in [0.15, 0.2) is 5.82 Å². The maximum Gasteiger partial charge on any atom is 0.220 e. The standard InChI is InChI=1S/C31H49N3O7/c1-2-3-4-5-6-9-12-23-19-33-31(34-20-23)24-14-16-25(17-15-24)41-18-11-8-7-10-13-28(38)32-21-26(36)29(39)30(40)27(37)22-35/h14-17,19-20,26-27,29-30,35-37,39-40H,2-13,18,21-22H2,1H3,(H,32,38)/t26-,27+,29+,30+/m0/s1. The number of unbranched alkanes of at least 4 members (excludes halogenated alkanes) is 8. The number of aliphatic hydroxyl groups is 5. The highest BCUT2D eigenvalue weighted by Crippen LogP contribution is 2.20. The van der Waals surface area contributed by atoms with Crippen molar-refractivity contribution < 1.29 is 35.1 Å². The highest BCUT2D eigenvalue weighted by Gasteiger charge is 2.30. The number of rotatable bonds is 22. The van der Waals surface area contributed by atoms with E-state index in [1.165, 1.54) is 44.1 Å². The molecular weight excluding hydrogens is 526 g/mol. The van der Waals surface area contributed by atoms with Gasteiger partial charge < -0.3 is 35.6 Å². The van der Waals surface area contributed by atoms with Crippen molar-refractivity contribution in [2.45, 2.75) is 108 Å². The summed E-state index contributed by atoms with van der Waals surface area (Å²) in [5, 5.41) is 49.8. The van der Waals surface area contributed by atoms with Crippen LogP contribution in [0.15, 0.2) is 36.7 Å². The van der Waals surface area contributed by atoms with Gasteiger partial charge in [-0.3, -0.25) is 4.79 Å². The van der Waals surface area contributed by atoms with Crippen molar-refractivity contribution in [3.63, 3.8) is 0 Å². The Morgan fingerprint density at radius 1 is 0.829 bits per heavy atom. The molecule has 0 aliphatic carbocycles. The summed E-state index contributed by atoms with van der Waals surface area (Å²) < 4.78 is 5.83. The Kier molecular flexibility index (Phi) is 17.1. The lowest BCUT2D eigenvalue weighted by atomic mass is 10.0. The van der Waals surface area contributed by atoms with Crippen LogP contribution >= 0.6 is 0 Å². The van der Waals surface area contributed by atoms with Crippen LogP contribution in [0.2, 0.25) is 0 Å². The average Bonchev–Trinajstić information content (AvgIpc) is 3.00. The molecule has 6 N–H and O–H groups in total. The molecule has 0 fully saturated rings. The molecule has 2 rings (SSSR count). The Morgan fingerprint density at radius 3 is 2.12 bits per heavy atom. The lowest BCUT2D eigenvalue weighted by molar-refractivity contribution is -0.126. The van der Waals surface area contributed by atoms with Crippen LogP contribution < -0.4 is 10.1 Å². The molecule has 4 atom stereocenters. The summed E-state index contributed by atoms with van der Waals surface area (Å²) in [5.74, 6) is 1.21. The molecule has 0 saturated heterocycles.